The van der Waals surface area contributed by atoms with Crippen LogP contribution in [0.4, 0.5) is 5.69 Å². The predicted octanol–water partition coefficient (Wildman–Crippen LogP) is 5.55. The highest BCUT2D eigenvalue weighted by molar-refractivity contribution is 6.06. The van der Waals surface area contributed by atoms with Crippen molar-refractivity contribution in [1.82, 2.24) is 0 Å². The molecule has 26 heavy (non-hydrogen) atoms. The zero-order chi connectivity index (χ0) is 19.2. The molecule has 2 rings (SSSR count). The second-order valence-electron chi connectivity index (χ2n) is 6.99. The van der Waals surface area contributed by atoms with Crippen molar-refractivity contribution in [2.75, 3.05) is 12.4 Å². The number of methoxy groups -OCH3 is 1. The van der Waals surface area contributed by atoms with Gasteiger partial charge in [-0.05, 0) is 38.8 Å². The summed E-state index contributed by atoms with van der Waals surface area (Å²) in [4.78, 5) is 12.9. The molecular formula is C22H31NO3. The minimum Gasteiger partial charge on any atom is -0.490 e. The van der Waals surface area contributed by atoms with Gasteiger partial charge in [-0.25, -0.2) is 0 Å². The summed E-state index contributed by atoms with van der Waals surface area (Å²) in [5.41, 5.74) is -0.0508. The Morgan fingerprint density at radius 2 is 1.85 bits per heavy atom. The number of amides is 1. The van der Waals surface area contributed by atoms with Crippen molar-refractivity contribution in [3.8, 4) is 5.75 Å². The Balaban J connectivity index is 2.33. The lowest BCUT2D eigenvalue weighted by Crippen LogP contribution is -2.42. The Hall–Kier alpha value is -2.07. The Bertz CT molecular complexity index is 743. The van der Waals surface area contributed by atoms with Gasteiger partial charge in [0.25, 0.3) is 5.91 Å². The summed E-state index contributed by atoms with van der Waals surface area (Å²) in [7, 11) is 1.59. The first-order chi connectivity index (χ1) is 12.4. The second-order valence-corrected chi connectivity index (χ2v) is 6.99. The molecule has 0 spiro atoms. The zero-order valence-electron chi connectivity index (χ0n) is 16.6. The smallest absolute Gasteiger partial charge is 0.256 e. The fraction of sp³-hybridized carbons (Fsp3) is 0.500. The van der Waals surface area contributed by atoms with Crippen LogP contribution < -0.4 is 10.1 Å². The first-order valence-electron chi connectivity index (χ1n) is 9.50. The van der Waals surface area contributed by atoms with Crippen molar-refractivity contribution < 1.29 is 14.3 Å². The first kappa shape index (κ1) is 20.2. The summed E-state index contributed by atoms with van der Waals surface area (Å²) in [5.74, 6) is 0.725. The highest BCUT2D eigenvalue weighted by Crippen LogP contribution is 2.33. The number of hydrogen-bond donors (Lipinski definition) is 1. The quantitative estimate of drug-likeness (QED) is 0.640. The molecule has 0 aliphatic heterocycles. The number of anilines is 1. The molecule has 0 radical (unpaired) electrons. The molecule has 4 heteroatoms. The lowest BCUT2D eigenvalue weighted by Gasteiger charge is -2.27. The van der Waals surface area contributed by atoms with Gasteiger partial charge in [-0.15, -0.1) is 0 Å². The number of nitrogens with one attached hydrogen (secondary N) is 1. The number of rotatable bonds is 9. The monoisotopic (exact) mass is 357 g/mol. The third kappa shape index (κ3) is 4.55. The summed E-state index contributed by atoms with van der Waals surface area (Å²) < 4.78 is 11.6. The average Bonchev–Trinajstić information content (AvgIpc) is 2.67. The average molecular weight is 357 g/mol. The molecule has 2 atom stereocenters. The normalized spacial score (nSPS) is 14.7. The number of ether oxygens (including phenoxy) is 2. The van der Waals surface area contributed by atoms with Crippen LogP contribution >= 0.6 is 0 Å². The number of fused-ring (bicyclic) bond motifs is 1. The van der Waals surface area contributed by atoms with Gasteiger partial charge in [0.1, 0.15) is 11.4 Å². The van der Waals surface area contributed by atoms with Gasteiger partial charge in [-0.3, -0.25) is 4.79 Å². The van der Waals surface area contributed by atoms with E-state index >= 15 is 0 Å². The van der Waals surface area contributed by atoms with E-state index in [-0.39, 0.29) is 12.0 Å². The molecule has 2 aromatic rings. The van der Waals surface area contributed by atoms with Gasteiger partial charge < -0.3 is 14.8 Å². The largest absolute Gasteiger partial charge is 0.490 e. The molecule has 1 amide bonds. The van der Waals surface area contributed by atoms with Crippen molar-refractivity contribution in [1.29, 1.82) is 0 Å². The summed E-state index contributed by atoms with van der Waals surface area (Å²) in [6.45, 7) is 8.11. The topological polar surface area (TPSA) is 47.6 Å². The van der Waals surface area contributed by atoms with Gasteiger partial charge in [0, 0.05) is 23.6 Å². The van der Waals surface area contributed by atoms with Gasteiger partial charge in [0.2, 0.25) is 0 Å². The third-order valence-corrected chi connectivity index (χ3v) is 4.97. The van der Waals surface area contributed by atoms with Crippen molar-refractivity contribution in [3.63, 3.8) is 0 Å². The van der Waals surface area contributed by atoms with Crippen molar-refractivity contribution in [2.45, 2.75) is 65.1 Å². The molecule has 0 aromatic heterocycles. The van der Waals surface area contributed by atoms with E-state index < -0.39 is 5.60 Å². The highest BCUT2D eigenvalue weighted by atomic mass is 16.5. The van der Waals surface area contributed by atoms with Crippen LogP contribution in [0.15, 0.2) is 36.4 Å². The third-order valence-electron chi connectivity index (χ3n) is 4.97. The summed E-state index contributed by atoms with van der Waals surface area (Å²) in [6, 6.07) is 11.8. The first-order valence-corrected chi connectivity index (χ1v) is 9.50. The van der Waals surface area contributed by atoms with E-state index in [1.807, 2.05) is 43.3 Å². The number of unbranched alkanes of at least 4 members (excludes halogenated alkanes) is 1. The van der Waals surface area contributed by atoms with Crippen LogP contribution in [0.25, 0.3) is 10.8 Å². The van der Waals surface area contributed by atoms with Crippen LogP contribution in [0.3, 0.4) is 0 Å². The molecule has 0 saturated heterocycles. The maximum absolute atomic E-state index is 12.9. The van der Waals surface area contributed by atoms with Crippen LogP contribution in [0.2, 0.25) is 0 Å². The Labute approximate surface area is 156 Å². The lowest BCUT2D eigenvalue weighted by atomic mass is 9.97. The van der Waals surface area contributed by atoms with E-state index in [9.17, 15) is 4.79 Å². The molecular weight excluding hydrogens is 326 g/mol. The number of benzene rings is 2. The molecule has 0 saturated carbocycles. The van der Waals surface area contributed by atoms with Gasteiger partial charge in [-0.1, -0.05) is 51.0 Å². The van der Waals surface area contributed by atoms with E-state index in [1.165, 1.54) is 0 Å². The molecule has 0 fully saturated rings. The van der Waals surface area contributed by atoms with Crippen LogP contribution in [0.1, 0.15) is 53.4 Å². The van der Waals surface area contributed by atoms with E-state index in [4.69, 9.17) is 9.47 Å². The Morgan fingerprint density at radius 1 is 1.15 bits per heavy atom. The van der Waals surface area contributed by atoms with Gasteiger partial charge in [-0.2, -0.15) is 0 Å². The van der Waals surface area contributed by atoms with E-state index in [0.29, 0.717) is 6.42 Å². The predicted molar refractivity (Wildman–Crippen MR) is 108 cm³/mol. The summed E-state index contributed by atoms with van der Waals surface area (Å²) >= 11 is 0. The van der Waals surface area contributed by atoms with Gasteiger partial charge >= 0.3 is 0 Å². The highest BCUT2D eigenvalue weighted by Gasteiger charge is 2.32. The van der Waals surface area contributed by atoms with E-state index in [2.05, 4.69) is 26.1 Å². The number of carbonyl (C=O) groups excluding carboxylic acids is 1. The fourth-order valence-electron chi connectivity index (χ4n) is 2.86. The van der Waals surface area contributed by atoms with Crippen LogP contribution in [-0.2, 0) is 9.53 Å². The summed E-state index contributed by atoms with van der Waals surface area (Å²) in [5, 5.41) is 5.03. The molecule has 4 nitrogen and oxygen atoms in total. The second kappa shape index (κ2) is 9.04. The fourth-order valence-corrected chi connectivity index (χ4v) is 2.86. The maximum Gasteiger partial charge on any atom is 0.256 e. The van der Waals surface area contributed by atoms with Crippen LogP contribution in [0, 0.1) is 0 Å². The molecule has 0 heterocycles. The van der Waals surface area contributed by atoms with Crippen molar-refractivity contribution >= 4 is 22.4 Å². The molecule has 0 aliphatic carbocycles. The number of hydrogen-bond acceptors (Lipinski definition) is 3. The SMILES string of the molecule is CCCCC(C)(OC)C(=O)Nc1ccc(OC(C)CC)c2ccccc12. The molecule has 0 bridgehead atoms. The molecule has 1 N–H and O–H groups in total. The standard InChI is InChI=1S/C22H31NO3/c1-6-8-15-22(4,25-5)21(24)23-19-13-14-20(26-16(3)7-2)18-12-10-9-11-17(18)19/h9-14,16H,6-8,15H2,1-5H3,(H,23,24). The van der Waals surface area contributed by atoms with Gasteiger partial charge in [0.05, 0.1) is 6.10 Å². The summed E-state index contributed by atoms with van der Waals surface area (Å²) in [6.07, 6.45) is 3.75. The Morgan fingerprint density at radius 3 is 2.46 bits per heavy atom. The molecule has 2 aromatic carbocycles. The van der Waals surface area contributed by atoms with Crippen molar-refractivity contribution in [3.05, 3.63) is 36.4 Å². The Kier molecular flexibility index (Phi) is 7.04. The zero-order valence-corrected chi connectivity index (χ0v) is 16.6. The molecule has 0 aliphatic rings. The number of carbonyl (C=O) groups is 1. The molecule has 2 unspecified atom stereocenters. The maximum atomic E-state index is 12.9. The minimum atomic E-state index is -0.830. The minimum absolute atomic E-state index is 0.116. The van der Waals surface area contributed by atoms with E-state index in [0.717, 1.165) is 41.5 Å². The molecule has 142 valence electrons. The van der Waals surface area contributed by atoms with Crippen molar-refractivity contribution in [2.24, 2.45) is 0 Å². The van der Waals surface area contributed by atoms with Crippen LogP contribution in [-0.4, -0.2) is 24.7 Å². The lowest BCUT2D eigenvalue weighted by molar-refractivity contribution is -0.136. The van der Waals surface area contributed by atoms with Gasteiger partial charge in [0.15, 0.2) is 0 Å². The van der Waals surface area contributed by atoms with Crippen LogP contribution in [0.5, 0.6) is 5.75 Å². The van der Waals surface area contributed by atoms with E-state index in [1.54, 1.807) is 7.11 Å².